The van der Waals surface area contributed by atoms with Crippen molar-refractivity contribution in [2.24, 2.45) is 0 Å². The van der Waals surface area contributed by atoms with E-state index in [1.807, 2.05) is 61.5 Å². The average molecular weight is 503 g/mol. The highest BCUT2D eigenvalue weighted by Gasteiger charge is 2.57. The summed E-state index contributed by atoms with van der Waals surface area (Å²) in [7, 11) is 0. The van der Waals surface area contributed by atoms with Crippen LogP contribution in [0, 0.1) is 6.57 Å². The minimum Gasteiger partial charge on any atom is -0.339 e. The Morgan fingerprint density at radius 2 is 1.69 bits per heavy atom. The van der Waals surface area contributed by atoms with Gasteiger partial charge in [0.25, 0.3) is 11.4 Å². The fourth-order valence-electron chi connectivity index (χ4n) is 4.57. The molecule has 3 aromatic carbocycles. The number of hydrogen-bond donors (Lipinski definition) is 0. The first kappa shape index (κ1) is 23.6. The maximum atomic E-state index is 14.0. The first-order chi connectivity index (χ1) is 16.8. The molecule has 5 rings (SSSR count). The van der Waals surface area contributed by atoms with E-state index in [1.165, 1.54) is 0 Å². The number of fused-ring (bicyclic) bond motifs is 1. The summed E-state index contributed by atoms with van der Waals surface area (Å²) in [5, 5.41) is 1.22. The first-order valence-electron chi connectivity index (χ1n) is 11.4. The molecule has 0 aromatic heterocycles. The van der Waals surface area contributed by atoms with Crippen LogP contribution in [0.15, 0.2) is 73.3 Å². The Morgan fingerprint density at radius 1 is 1.06 bits per heavy atom. The van der Waals surface area contributed by atoms with E-state index in [9.17, 15) is 4.79 Å². The summed E-state index contributed by atoms with van der Waals surface area (Å²) in [6.07, 6.45) is 1.58. The number of amides is 1. The van der Waals surface area contributed by atoms with Crippen LogP contribution in [0.5, 0.6) is 0 Å². The highest BCUT2D eigenvalue weighted by Crippen LogP contribution is 2.49. The second-order valence-corrected chi connectivity index (χ2v) is 10.2. The van der Waals surface area contributed by atoms with E-state index in [1.54, 1.807) is 17.0 Å². The van der Waals surface area contributed by atoms with E-state index in [0.717, 1.165) is 40.7 Å². The van der Waals surface area contributed by atoms with E-state index in [4.69, 9.17) is 34.5 Å². The lowest BCUT2D eigenvalue weighted by Crippen LogP contribution is -2.47. The van der Waals surface area contributed by atoms with E-state index < -0.39 is 11.3 Å². The number of benzene rings is 3. The fourth-order valence-corrected chi connectivity index (χ4v) is 4.82. The quantitative estimate of drug-likeness (QED) is 0.316. The number of carbonyl (C=O) groups excluding carboxylic acids is 1. The molecule has 1 atom stereocenters. The predicted octanol–water partition coefficient (Wildman–Crippen LogP) is 7.35. The third-order valence-corrected chi connectivity index (χ3v) is 7.34. The molecular formula is C29H24Cl2N2O2. The van der Waals surface area contributed by atoms with Gasteiger partial charge in [-0.1, -0.05) is 71.8 Å². The van der Waals surface area contributed by atoms with Crippen molar-refractivity contribution in [3.05, 3.63) is 123 Å². The SMILES string of the molecule is [C-]#[N+]C1(COC2(c3ccc(Cl)cc3)c3ccc(C(=C)C)cc3C(=O)N2Cc2ccc(Cl)cc2)CC1. The molecule has 0 radical (unpaired) electrons. The number of rotatable bonds is 7. The molecule has 1 unspecified atom stereocenters. The van der Waals surface area contributed by atoms with Crippen LogP contribution in [-0.2, 0) is 17.0 Å². The van der Waals surface area contributed by atoms with E-state index in [0.29, 0.717) is 22.2 Å². The summed E-state index contributed by atoms with van der Waals surface area (Å²) < 4.78 is 6.74. The first-order valence-corrected chi connectivity index (χ1v) is 12.2. The Kier molecular flexibility index (Phi) is 5.97. The Morgan fingerprint density at radius 3 is 2.26 bits per heavy atom. The maximum absolute atomic E-state index is 14.0. The third kappa shape index (κ3) is 4.15. The number of ether oxygens (including phenoxy) is 1. The molecule has 35 heavy (non-hydrogen) atoms. The molecule has 0 bridgehead atoms. The van der Waals surface area contributed by atoms with Gasteiger partial charge in [-0.25, -0.2) is 6.57 Å². The molecule has 2 aliphatic rings. The Bertz CT molecular complexity index is 1350. The standard InChI is InChI=1S/C29H24Cl2N2O2/c1-19(2)21-6-13-26-25(16-21)27(34)33(17-20-4-9-23(30)10-5-20)29(26,22-7-11-24(31)12-8-22)35-18-28(32-3)14-15-28/h4-13,16H,1,14-15,17-18H2,2H3. The molecule has 1 amide bonds. The third-order valence-electron chi connectivity index (χ3n) is 6.84. The topological polar surface area (TPSA) is 33.9 Å². The monoisotopic (exact) mass is 502 g/mol. The van der Waals surface area contributed by atoms with Crippen LogP contribution in [0.3, 0.4) is 0 Å². The van der Waals surface area contributed by atoms with Gasteiger partial charge in [-0.3, -0.25) is 9.69 Å². The van der Waals surface area contributed by atoms with Crippen molar-refractivity contribution in [3.8, 4) is 0 Å². The number of carbonyl (C=O) groups is 1. The summed E-state index contributed by atoms with van der Waals surface area (Å²) >= 11 is 12.3. The lowest BCUT2D eigenvalue weighted by molar-refractivity contribution is -0.115. The molecule has 0 spiro atoms. The van der Waals surface area contributed by atoms with Crippen LogP contribution in [0.4, 0.5) is 0 Å². The lowest BCUT2D eigenvalue weighted by Gasteiger charge is -2.39. The zero-order chi connectivity index (χ0) is 24.8. The van der Waals surface area contributed by atoms with Crippen molar-refractivity contribution in [2.45, 2.75) is 37.6 Å². The molecule has 1 saturated carbocycles. The van der Waals surface area contributed by atoms with Gasteiger partial charge in [0, 0.05) is 46.1 Å². The smallest absolute Gasteiger partial charge is 0.257 e. The highest BCUT2D eigenvalue weighted by molar-refractivity contribution is 6.30. The molecule has 0 saturated heterocycles. The van der Waals surface area contributed by atoms with Crippen LogP contribution >= 0.6 is 23.2 Å². The molecule has 6 heteroatoms. The number of halogens is 2. The van der Waals surface area contributed by atoms with Gasteiger partial charge in [0.05, 0.1) is 0 Å². The second-order valence-electron chi connectivity index (χ2n) is 9.33. The molecule has 3 aromatic rings. The van der Waals surface area contributed by atoms with Crippen molar-refractivity contribution in [2.75, 3.05) is 6.61 Å². The summed E-state index contributed by atoms with van der Waals surface area (Å²) in [6, 6.07) is 20.6. The highest BCUT2D eigenvalue weighted by atomic mass is 35.5. The van der Waals surface area contributed by atoms with Crippen LogP contribution in [0.2, 0.25) is 10.0 Å². The normalized spacial score (nSPS) is 19.8. The van der Waals surface area contributed by atoms with Crippen LogP contribution in [-0.4, -0.2) is 23.0 Å². The zero-order valence-corrected chi connectivity index (χ0v) is 20.9. The largest absolute Gasteiger partial charge is 0.339 e. The van der Waals surface area contributed by atoms with E-state index >= 15 is 0 Å². The molecule has 0 N–H and O–H groups in total. The van der Waals surface area contributed by atoms with Gasteiger partial charge in [-0.2, -0.15) is 0 Å². The van der Waals surface area contributed by atoms with Gasteiger partial charge >= 0.3 is 0 Å². The minimum atomic E-state index is -1.20. The van der Waals surface area contributed by atoms with Gasteiger partial charge in [0.15, 0.2) is 5.72 Å². The molecule has 4 nitrogen and oxygen atoms in total. The fraction of sp³-hybridized carbons (Fsp3) is 0.241. The van der Waals surface area contributed by atoms with Gasteiger partial charge < -0.3 is 9.58 Å². The number of hydrogen-bond acceptors (Lipinski definition) is 2. The van der Waals surface area contributed by atoms with Crippen LogP contribution in [0.1, 0.15) is 52.4 Å². The molecular weight excluding hydrogens is 479 g/mol. The van der Waals surface area contributed by atoms with E-state index in [2.05, 4.69) is 11.4 Å². The Labute approximate surface area is 215 Å². The van der Waals surface area contributed by atoms with Crippen LogP contribution in [0.25, 0.3) is 10.4 Å². The summed E-state index contributed by atoms with van der Waals surface area (Å²) in [5.74, 6) is -0.138. The van der Waals surface area contributed by atoms with Crippen molar-refractivity contribution < 1.29 is 9.53 Å². The summed E-state index contributed by atoms with van der Waals surface area (Å²) in [4.78, 5) is 19.6. The predicted molar refractivity (Wildman–Crippen MR) is 139 cm³/mol. The maximum Gasteiger partial charge on any atom is 0.257 e. The molecule has 1 fully saturated rings. The lowest BCUT2D eigenvalue weighted by atomic mass is 9.91. The summed E-state index contributed by atoms with van der Waals surface area (Å²) in [6.45, 7) is 14.2. The Balaban J connectivity index is 1.70. The van der Waals surface area contributed by atoms with Crippen molar-refractivity contribution in [3.63, 3.8) is 0 Å². The zero-order valence-electron chi connectivity index (χ0n) is 19.4. The molecule has 176 valence electrons. The average Bonchev–Trinajstić information content (AvgIpc) is 3.61. The second kappa shape index (κ2) is 8.84. The van der Waals surface area contributed by atoms with Crippen LogP contribution < -0.4 is 0 Å². The van der Waals surface area contributed by atoms with Gasteiger partial charge in [-0.05, 0) is 48.4 Å². The van der Waals surface area contributed by atoms with Gasteiger partial charge in [0.1, 0.15) is 6.61 Å². The number of nitrogens with zero attached hydrogens (tertiary/aromatic N) is 2. The van der Waals surface area contributed by atoms with Gasteiger partial charge in [-0.15, -0.1) is 0 Å². The van der Waals surface area contributed by atoms with E-state index in [-0.39, 0.29) is 12.5 Å². The minimum absolute atomic E-state index is 0.138. The Hall–Kier alpha value is -3.10. The summed E-state index contributed by atoms with van der Waals surface area (Å²) in [5.41, 5.74) is 3.07. The van der Waals surface area contributed by atoms with Crippen molar-refractivity contribution >= 4 is 34.7 Å². The molecule has 1 aliphatic heterocycles. The van der Waals surface area contributed by atoms with Crippen molar-refractivity contribution in [1.29, 1.82) is 0 Å². The van der Waals surface area contributed by atoms with Crippen molar-refractivity contribution in [1.82, 2.24) is 4.90 Å². The molecule has 1 aliphatic carbocycles. The van der Waals surface area contributed by atoms with Gasteiger partial charge in [0.2, 0.25) is 0 Å². The molecule has 1 heterocycles. The number of allylic oxidation sites excluding steroid dienone is 1.